The minimum Gasteiger partial charge on any atom is -0.389 e. The van der Waals surface area contributed by atoms with Gasteiger partial charge in [-0.3, -0.25) is 0 Å². The first kappa shape index (κ1) is 13.4. The molecule has 0 amide bonds. The van der Waals surface area contributed by atoms with Crippen molar-refractivity contribution in [3.8, 4) is 0 Å². The maximum atomic E-state index is 9.81. The Morgan fingerprint density at radius 2 is 2.06 bits per heavy atom. The van der Waals surface area contributed by atoms with Crippen molar-refractivity contribution in [2.75, 3.05) is 18.0 Å². The van der Waals surface area contributed by atoms with Crippen LogP contribution in [0.2, 0.25) is 0 Å². The Bertz CT molecular complexity index is 319. The number of aliphatic hydroxyl groups is 1. The summed E-state index contributed by atoms with van der Waals surface area (Å²) in [6.07, 6.45) is 1.99. The fourth-order valence-corrected chi connectivity index (χ4v) is 2.25. The molecule has 1 rings (SSSR count). The van der Waals surface area contributed by atoms with Gasteiger partial charge in [-0.25, -0.2) is 4.98 Å². The van der Waals surface area contributed by atoms with Gasteiger partial charge >= 0.3 is 0 Å². The lowest BCUT2D eigenvalue weighted by atomic mass is 10.1. The fourth-order valence-electron chi connectivity index (χ4n) is 1.48. The zero-order chi connectivity index (χ0) is 12.2. The van der Waals surface area contributed by atoms with Crippen LogP contribution in [0.25, 0.3) is 0 Å². The van der Waals surface area contributed by atoms with Crippen LogP contribution in [0.4, 0.5) is 5.13 Å². The van der Waals surface area contributed by atoms with Crippen LogP contribution in [-0.2, 0) is 6.42 Å². The van der Waals surface area contributed by atoms with Crippen molar-refractivity contribution in [1.82, 2.24) is 9.36 Å². The Morgan fingerprint density at radius 1 is 1.38 bits per heavy atom. The van der Waals surface area contributed by atoms with Crippen LogP contribution in [0.3, 0.4) is 0 Å². The molecule has 92 valence electrons. The van der Waals surface area contributed by atoms with E-state index >= 15 is 0 Å². The van der Waals surface area contributed by atoms with E-state index in [1.807, 2.05) is 13.8 Å². The first-order valence-electron chi connectivity index (χ1n) is 5.76. The topological polar surface area (TPSA) is 49.2 Å². The zero-order valence-electron chi connectivity index (χ0n) is 10.5. The SMILES string of the molecule is CCCc1nsc(N(CC)CC(C)(C)O)n1. The van der Waals surface area contributed by atoms with E-state index in [1.165, 1.54) is 11.5 Å². The first-order valence-corrected chi connectivity index (χ1v) is 6.53. The van der Waals surface area contributed by atoms with Crippen molar-refractivity contribution < 1.29 is 5.11 Å². The fraction of sp³-hybridized carbons (Fsp3) is 0.818. The van der Waals surface area contributed by atoms with Crippen LogP contribution >= 0.6 is 11.5 Å². The molecule has 0 saturated carbocycles. The van der Waals surface area contributed by atoms with Crippen LogP contribution in [0, 0.1) is 0 Å². The van der Waals surface area contributed by atoms with Gasteiger partial charge in [0.15, 0.2) is 0 Å². The molecular formula is C11H21N3OS. The van der Waals surface area contributed by atoms with Crippen LogP contribution in [0.15, 0.2) is 0 Å². The lowest BCUT2D eigenvalue weighted by Gasteiger charge is -2.27. The van der Waals surface area contributed by atoms with E-state index in [9.17, 15) is 5.11 Å². The van der Waals surface area contributed by atoms with Gasteiger partial charge in [0.2, 0.25) is 5.13 Å². The minimum atomic E-state index is -0.702. The summed E-state index contributed by atoms with van der Waals surface area (Å²) in [5, 5.41) is 10.7. The molecule has 1 aromatic heterocycles. The highest BCUT2D eigenvalue weighted by molar-refractivity contribution is 7.09. The summed E-state index contributed by atoms with van der Waals surface area (Å²) in [4.78, 5) is 6.54. The monoisotopic (exact) mass is 243 g/mol. The molecule has 4 nitrogen and oxygen atoms in total. The Balaban J connectivity index is 2.71. The van der Waals surface area contributed by atoms with Gasteiger partial charge in [-0.2, -0.15) is 4.37 Å². The Kier molecular flexibility index (Phi) is 4.68. The average Bonchev–Trinajstić information content (AvgIpc) is 2.62. The van der Waals surface area contributed by atoms with Gasteiger partial charge in [-0.05, 0) is 27.2 Å². The normalized spacial score (nSPS) is 11.8. The molecule has 1 heterocycles. The quantitative estimate of drug-likeness (QED) is 0.831. The van der Waals surface area contributed by atoms with Crippen molar-refractivity contribution in [2.24, 2.45) is 0 Å². The van der Waals surface area contributed by atoms with E-state index in [1.54, 1.807) is 0 Å². The zero-order valence-corrected chi connectivity index (χ0v) is 11.3. The third kappa shape index (κ3) is 4.06. The van der Waals surface area contributed by atoms with Crippen molar-refractivity contribution >= 4 is 16.7 Å². The number of rotatable bonds is 6. The molecule has 0 spiro atoms. The number of nitrogens with zero attached hydrogens (tertiary/aromatic N) is 3. The lowest BCUT2D eigenvalue weighted by molar-refractivity contribution is 0.0876. The molecule has 0 fully saturated rings. The molecule has 0 saturated heterocycles. The molecular weight excluding hydrogens is 222 g/mol. The summed E-state index contributed by atoms with van der Waals surface area (Å²) in [5.41, 5.74) is -0.702. The highest BCUT2D eigenvalue weighted by atomic mass is 32.1. The van der Waals surface area contributed by atoms with E-state index in [0.29, 0.717) is 6.54 Å². The number of likely N-dealkylation sites (N-methyl/N-ethyl adjacent to an activating group) is 1. The van der Waals surface area contributed by atoms with Crippen LogP contribution in [-0.4, -0.2) is 33.2 Å². The molecule has 0 atom stereocenters. The Labute approximate surface area is 101 Å². The largest absolute Gasteiger partial charge is 0.389 e. The summed E-state index contributed by atoms with van der Waals surface area (Å²) in [7, 11) is 0. The average molecular weight is 243 g/mol. The van der Waals surface area contributed by atoms with Gasteiger partial charge < -0.3 is 10.0 Å². The summed E-state index contributed by atoms with van der Waals surface area (Å²) in [6.45, 7) is 9.23. The van der Waals surface area contributed by atoms with Gasteiger partial charge in [-0.1, -0.05) is 6.92 Å². The maximum absolute atomic E-state index is 9.81. The summed E-state index contributed by atoms with van der Waals surface area (Å²) < 4.78 is 4.31. The van der Waals surface area contributed by atoms with E-state index in [-0.39, 0.29) is 0 Å². The molecule has 0 bridgehead atoms. The predicted octanol–water partition coefficient (Wildman–Crippen LogP) is 2.09. The first-order chi connectivity index (χ1) is 7.46. The highest BCUT2D eigenvalue weighted by Crippen LogP contribution is 2.19. The molecule has 0 unspecified atom stereocenters. The van der Waals surface area contributed by atoms with Crippen LogP contribution in [0.1, 0.15) is 39.9 Å². The van der Waals surface area contributed by atoms with Crippen LogP contribution < -0.4 is 4.90 Å². The van der Waals surface area contributed by atoms with Gasteiger partial charge in [-0.15, -0.1) is 0 Å². The van der Waals surface area contributed by atoms with Crippen molar-refractivity contribution in [3.05, 3.63) is 5.82 Å². The number of hydrogen-bond donors (Lipinski definition) is 1. The Morgan fingerprint density at radius 3 is 2.56 bits per heavy atom. The van der Waals surface area contributed by atoms with Gasteiger partial charge in [0.05, 0.1) is 5.60 Å². The number of aromatic nitrogens is 2. The second-order valence-electron chi connectivity index (χ2n) is 4.57. The third-order valence-corrected chi connectivity index (χ3v) is 2.98. The lowest BCUT2D eigenvalue weighted by Crippen LogP contribution is -2.38. The van der Waals surface area contributed by atoms with E-state index in [0.717, 1.165) is 30.3 Å². The van der Waals surface area contributed by atoms with E-state index in [4.69, 9.17) is 0 Å². The van der Waals surface area contributed by atoms with Crippen molar-refractivity contribution in [1.29, 1.82) is 0 Å². The van der Waals surface area contributed by atoms with Crippen LogP contribution in [0.5, 0.6) is 0 Å². The Hall–Kier alpha value is -0.680. The van der Waals surface area contributed by atoms with E-state index in [2.05, 4.69) is 28.1 Å². The second kappa shape index (κ2) is 5.59. The van der Waals surface area contributed by atoms with Crippen molar-refractivity contribution in [3.63, 3.8) is 0 Å². The molecule has 1 N–H and O–H groups in total. The molecule has 0 aromatic carbocycles. The summed E-state index contributed by atoms with van der Waals surface area (Å²) in [5.74, 6) is 0.914. The smallest absolute Gasteiger partial charge is 0.205 e. The molecule has 0 aliphatic carbocycles. The standard InChI is InChI=1S/C11H21N3OS/c1-5-7-9-12-10(16-13-9)14(6-2)8-11(3,4)15/h15H,5-8H2,1-4H3. The van der Waals surface area contributed by atoms with Gasteiger partial charge in [0.1, 0.15) is 5.82 Å². The molecule has 5 heteroatoms. The van der Waals surface area contributed by atoms with Gasteiger partial charge in [0.25, 0.3) is 0 Å². The number of hydrogen-bond acceptors (Lipinski definition) is 5. The summed E-state index contributed by atoms with van der Waals surface area (Å²) in [6, 6.07) is 0. The number of anilines is 1. The van der Waals surface area contributed by atoms with Crippen molar-refractivity contribution in [2.45, 2.75) is 46.1 Å². The third-order valence-electron chi connectivity index (χ3n) is 2.16. The van der Waals surface area contributed by atoms with E-state index < -0.39 is 5.60 Å². The molecule has 16 heavy (non-hydrogen) atoms. The second-order valence-corrected chi connectivity index (χ2v) is 5.30. The molecule has 0 aliphatic heterocycles. The number of aryl methyl sites for hydroxylation is 1. The molecule has 1 aromatic rings. The maximum Gasteiger partial charge on any atom is 0.205 e. The molecule has 0 radical (unpaired) electrons. The van der Waals surface area contributed by atoms with Gasteiger partial charge in [0, 0.05) is 31.0 Å². The predicted molar refractivity (Wildman–Crippen MR) is 68.1 cm³/mol. The minimum absolute atomic E-state index is 0.588. The molecule has 0 aliphatic rings. The summed E-state index contributed by atoms with van der Waals surface area (Å²) >= 11 is 1.42. The highest BCUT2D eigenvalue weighted by Gasteiger charge is 2.20.